The summed E-state index contributed by atoms with van der Waals surface area (Å²) in [4.78, 5) is 12.8. The number of halogens is 2. The SMILES string of the molecule is O=C(c1ccco1)N1N=C(c2ccco2)C[C@@H]1c1ccc(Cl)c(Cl)c1. The fourth-order valence-corrected chi connectivity index (χ4v) is 3.09. The van der Waals surface area contributed by atoms with E-state index in [4.69, 9.17) is 32.0 Å². The number of hydrazone groups is 1. The highest BCUT2D eigenvalue weighted by atomic mass is 35.5. The average molecular weight is 375 g/mol. The van der Waals surface area contributed by atoms with Crippen LogP contribution in [0, 0.1) is 0 Å². The number of amides is 1. The summed E-state index contributed by atoms with van der Waals surface area (Å²) in [5.74, 6) is 0.511. The van der Waals surface area contributed by atoms with Gasteiger partial charge in [-0.1, -0.05) is 29.3 Å². The van der Waals surface area contributed by atoms with E-state index in [-0.39, 0.29) is 17.7 Å². The van der Waals surface area contributed by atoms with Crippen LogP contribution in [0.3, 0.4) is 0 Å². The largest absolute Gasteiger partial charge is 0.463 e. The highest BCUT2D eigenvalue weighted by Crippen LogP contribution is 2.36. The van der Waals surface area contributed by atoms with E-state index in [1.165, 1.54) is 11.3 Å². The topological polar surface area (TPSA) is 59.0 Å². The van der Waals surface area contributed by atoms with Gasteiger partial charge in [-0.05, 0) is 42.0 Å². The van der Waals surface area contributed by atoms with E-state index in [2.05, 4.69) is 5.10 Å². The molecule has 1 amide bonds. The van der Waals surface area contributed by atoms with Crippen LogP contribution < -0.4 is 0 Å². The van der Waals surface area contributed by atoms with Gasteiger partial charge in [0.15, 0.2) is 5.76 Å². The lowest BCUT2D eigenvalue weighted by Gasteiger charge is -2.21. The molecule has 0 saturated carbocycles. The Kier molecular flexibility index (Phi) is 4.11. The summed E-state index contributed by atoms with van der Waals surface area (Å²) in [7, 11) is 0. The van der Waals surface area contributed by atoms with Crippen LogP contribution in [0.25, 0.3) is 0 Å². The van der Waals surface area contributed by atoms with Gasteiger partial charge in [0.05, 0.1) is 28.6 Å². The fourth-order valence-electron chi connectivity index (χ4n) is 2.78. The Balaban J connectivity index is 1.74. The first-order valence-corrected chi connectivity index (χ1v) is 8.32. The minimum absolute atomic E-state index is 0.217. The summed E-state index contributed by atoms with van der Waals surface area (Å²) >= 11 is 12.2. The van der Waals surface area contributed by atoms with Crippen LogP contribution in [0.15, 0.2) is 68.9 Å². The Morgan fingerprint density at radius 2 is 1.88 bits per heavy atom. The Bertz CT molecular complexity index is 933. The molecule has 0 radical (unpaired) electrons. The standard InChI is InChI=1S/C18H12Cl2N2O3/c19-12-6-5-11(9-13(12)20)15-10-14(16-3-1-7-24-16)21-22(15)18(23)17-4-2-8-25-17/h1-9,15H,10H2/t15-/m1/s1. The van der Waals surface area contributed by atoms with Gasteiger partial charge >= 0.3 is 5.91 Å². The van der Waals surface area contributed by atoms with Gasteiger partial charge in [-0.3, -0.25) is 4.79 Å². The maximum atomic E-state index is 12.8. The molecule has 126 valence electrons. The Morgan fingerprint density at radius 3 is 2.56 bits per heavy atom. The zero-order chi connectivity index (χ0) is 17.4. The minimum Gasteiger partial charge on any atom is -0.463 e. The number of hydrogen-bond donors (Lipinski definition) is 0. The third-order valence-corrected chi connectivity index (χ3v) is 4.72. The molecular weight excluding hydrogens is 363 g/mol. The normalized spacial score (nSPS) is 17.0. The number of carbonyl (C=O) groups excluding carboxylic acids is 1. The number of benzene rings is 1. The maximum absolute atomic E-state index is 12.8. The van der Waals surface area contributed by atoms with E-state index < -0.39 is 0 Å². The highest BCUT2D eigenvalue weighted by molar-refractivity contribution is 6.42. The molecule has 0 bridgehead atoms. The second-order valence-corrected chi connectivity index (χ2v) is 6.36. The van der Waals surface area contributed by atoms with E-state index in [1.807, 2.05) is 12.1 Å². The Morgan fingerprint density at radius 1 is 1.08 bits per heavy atom. The third kappa shape index (κ3) is 2.97. The molecule has 1 aliphatic rings. The minimum atomic E-state index is -0.331. The molecule has 0 saturated heterocycles. The van der Waals surface area contributed by atoms with Crippen molar-refractivity contribution < 1.29 is 13.6 Å². The van der Waals surface area contributed by atoms with Crippen molar-refractivity contribution in [2.24, 2.45) is 5.10 Å². The van der Waals surface area contributed by atoms with Gasteiger partial charge in [0, 0.05) is 6.42 Å². The van der Waals surface area contributed by atoms with Crippen LogP contribution in [-0.2, 0) is 0 Å². The molecule has 4 rings (SSSR count). The summed E-state index contributed by atoms with van der Waals surface area (Å²) in [6.07, 6.45) is 3.52. The van der Waals surface area contributed by atoms with Gasteiger partial charge in [-0.25, -0.2) is 5.01 Å². The van der Waals surface area contributed by atoms with E-state index >= 15 is 0 Å². The maximum Gasteiger partial charge on any atom is 0.310 e. The first-order chi connectivity index (χ1) is 12.1. The molecule has 25 heavy (non-hydrogen) atoms. The van der Waals surface area contributed by atoms with Gasteiger partial charge in [0.1, 0.15) is 11.5 Å². The molecular formula is C18H12Cl2N2O3. The molecule has 2 aromatic heterocycles. The molecule has 3 heterocycles. The molecule has 7 heteroatoms. The molecule has 1 atom stereocenters. The van der Waals surface area contributed by atoms with Crippen molar-refractivity contribution in [1.29, 1.82) is 0 Å². The van der Waals surface area contributed by atoms with Crippen molar-refractivity contribution in [3.8, 4) is 0 Å². The van der Waals surface area contributed by atoms with Crippen molar-refractivity contribution in [1.82, 2.24) is 5.01 Å². The van der Waals surface area contributed by atoms with Gasteiger partial charge in [-0.15, -0.1) is 0 Å². The molecule has 1 aliphatic heterocycles. The van der Waals surface area contributed by atoms with Crippen LogP contribution in [-0.4, -0.2) is 16.6 Å². The smallest absolute Gasteiger partial charge is 0.310 e. The van der Waals surface area contributed by atoms with E-state index in [0.717, 1.165) is 5.56 Å². The molecule has 3 aromatic rings. The fraction of sp³-hybridized carbons (Fsp3) is 0.111. The van der Waals surface area contributed by atoms with Crippen LogP contribution in [0.5, 0.6) is 0 Å². The van der Waals surface area contributed by atoms with Gasteiger partial charge < -0.3 is 8.83 Å². The summed E-state index contributed by atoms with van der Waals surface area (Å²) in [6, 6.07) is 11.8. The van der Waals surface area contributed by atoms with E-state index in [1.54, 1.807) is 36.6 Å². The predicted octanol–water partition coefficient (Wildman–Crippen LogP) is 5.17. The van der Waals surface area contributed by atoms with Crippen molar-refractivity contribution in [3.63, 3.8) is 0 Å². The van der Waals surface area contributed by atoms with Crippen LogP contribution in [0.1, 0.15) is 34.3 Å². The van der Waals surface area contributed by atoms with E-state index in [9.17, 15) is 4.79 Å². The Hall–Kier alpha value is -2.50. The highest BCUT2D eigenvalue weighted by Gasteiger charge is 2.35. The Labute approximate surface area is 153 Å². The summed E-state index contributed by atoms with van der Waals surface area (Å²) in [6.45, 7) is 0. The molecule has 0 fully saturated rings. The van der Waals surface area contributed by atoms with Gasteiger partial charge in [-0.2, -0.15) is 5.10 Å². The zero-order valence-electron chi connectivity index (χ0n) is 12.9. The summed E-state index contributed by atoms with van der Waals surface area (Å²) in [5, 5.41) is 6.75. The lowest BCUT2D eigenvalue weighted by atomic mass is 10.0. The lowest BCUT2D eigenvalue weighted by Crippen LogP contribution is -2.26. The van der Waals surface area contributed by atoms with Crippen LogP contribution in [0.2, 0.25) is 10.0 Å². The van der Waals surface area contributed by atoms with E-state index in [0.29, 0.717) is 27.9 Å². The number of furan rings is 2. The van der Waals surface area contributed by atoms with Crippen LogP contribution >= 0.6 is 23.2 Å². The third-order valence-electron chi connectivity index (χ3n) is 3.98. The monoisotopic (exact) mass is 374 g/mol. The number of hydrogen-bond acceptors (Lipinski definition) is 4. The molecule has 0 aliphatic carbocycles. The first-order valence-electron chi connectivity index (χ1n) is 7.57. The lowest BCUT2D eigenvalue weighted by molar-refractivity contribution is 0.0678. The molecule has 5 nitrogen and oxygen atoms in total. The average Bonchev–Trinajstić information content (AvgIpc) is 3.37. The van der Waals surface area contributed by atoms with Crippen molar-refractivity contribution >= 4 is 34.8 Å². The van der Waals surface area contributed by atoms with Gasteiger partial charge in [0.25, 0.3) is 0 Å². The van der Waals surface area contributed by atoms with Crippen molar-refractivity contribution in [2.75, 3.05) is 0 Å². The first kappa shape index (κ1) is 16.0. The predicted molar refractivity (Wildman–Crippen MR) is 93.9 cm³/mol. The second kappa shape index (κ2) is 6.43. The zero-order valence-corrected chi connectivity index (χ0v) is 14.4. The summed E-state index contributed by atoms with van der Waals surface area (Å²) < 4.78 is 10.7. The number of carbonyl (C=O) groups is 1. The summed E-state index contributed by atoms with van der Waals surface area (Å²) in [5.41, 5.74) is 1.51. The molecule has 1 aromatic carbocycles. The molecule has 0 N–H and O–H groups in total. The van der Waals surface area contributed by atoms with Gasteiger partial charge in [0.2, 0.25) is 0 Å². The molecule has 0 spiro atoms. The quantitative estimate of drug-likeness (QED) is 0.635. The number of nitrogens with zero attached hydrogens (tertiary/aromatic N) is 2. The van der Waals surface area contributed by atoms with Crippen molar-refractivity contribution in [2.45, 2.75) is 12.5 Å². The number of rotatable bonds is 3. The molecule has 0 unspecified atom stereocenters. The van der Waals surface area contributed by atoms with Crippen molar-refractivity contribution in [3.05, 3.63) is 82.1 Å². The second-order valence-electron chi connectivity index (χ2n) is 5.54. The van der Waals surface area contributed by atoms with Crippen LogP contribution in [0.4, 0.5) is 0 Å².